The number of nitrogens with one attached hydrogen (secondary N) is 1. The van der Waals surface area contributed by atoms with Gasteiger partial charge in [-0.25, -0.2) is 13.6 Å². The SMILES string of the molecule is COc1cc(C#N)ccc1OC(C)C(=O)Nc1ccc(S(N)(=O)=O)cc1. The van der Waals surface area contributed by atoms with Crippen molar-refractivity contribution in [1.82, 2.24) is 0 Å². The molecule has 0 spiro atoms. The molecule has 1 amide bonds. The van der Waals surface area contributed by atoms with Crippen molar-refractivity contribution in [3.8, 4) is 17.6 Å². The molecule has 1 atom stereocenters. The molecular weight excluding hydrogens is 358 g/mol. The molecule has 0 fully saturated rings. The van der Waals surface area contributed by atoms with Crippen molar-refractivity contribution < 1.29 is 22.7 Å². The van der Waals surface area contributed by atoms with Gasteiger partial charge in [0.15, 0.2) is 17.6 Å². The van der Waals surface area contributed by atoms with E-state index in [4.69, 9.17) is 19.9 Å². The summed E-state index contributed by atoms with van der Waals surface area (Å²) < 4.78 is 33.2. The number of nitriles is 1. The zero-order chi connectivity index (χ0) is 19.3. The molecule has 0 aromatic heterocycles. The maximum Gasteiger partial charge on any atom is 0.265 e. The number of hydrogen-bond donors (Lipinski definition) is 2. The number of sulfonamides is 1. The fourth-order valence-corrected chi connectivity index (χ4v) is 2.57. The minimum Gasteiger partial charge on any atom is -0.493 e. The topological polar surface area (TPSA) is 132 Å². The van der Waals surface area contributed by atoms with Gasteiger partial charge < -0.3 is 14.8 Å². The van der Waals surface area contributed by atoms with Crippen LogP contribution in [0.3, 0.4) is 0 Å². The summed E-state index contributed by atoms with van der Waals surface area (Å²) in [6.45, 7) is 1.55. The Labute approximate surface area is 151 Å². The molecule has 0 aliphatic carbocycles. The number of benzene rings is 2. The van der Waals surface area contributed by atoms with Gasteiger partial charge in [0.1, 0.15) is 0 Å². The molecule has 1 unspecified atom stereocenters. The van der Waals surface area contributed by atoms with Crippen molar-refractivity contribution in [3.05, 3.63) is 48.0 Å². The van der Waals surface area contributed by atoms with E-state index in [9.17, 15) is 13.2 Å². The normalized spacial score (nSPS) is 11.9. The standard InChI is InChI=1S/C17H17N3O5S/c1-11(25-15-8-3-12(10-18)9-16(15)24-2)17(21)20-13-4-6-14(7-5-13)26(19,22)23/h3-9,11H,1-2H3,(H,20,21)(H2,19,22,23). The predicted octanol–water partition coefficient (Wildman–Crippen LogP) is 1.62. The van der Waals surface area contributed by atoms with Gasteiger partial charge in [0, 0.05) is 11.8 Å². The van der Waals surface area contributed by atoms with Gasteiger partial charge in [-0.15, -0.1) is 0 Å². The molecule has 8 nitrogen and oxygen atoms in total. The molecule has 26 heavy (non-hydrogen) atoms. The van der Waals surface area contributed by atoms with Crippen molar-refractivity contribution >= 4 is 21.6 Å². The van der Waals surface area contributed by atoms with Crippen LogP contribution in [0.4, 0.5) is 5.69 Å². The Morgan fingerprint density at radius 3 is 2.38 bits per heavy atom. The van der Waals surface area contributed by atoms with E-state index >= 15 is 0 Å². The van der Waals surface area contributed by atoms with E-state index in [-0.39, 0.29) is 4.90 Å². The second-order valence-electron chi connectivity index (χ2n) is 5.30. The summed E-state index contributed by atoms with van der Waals surface area (Å²) in [5.41, 5.74) is 0.797. The zero-order valence-corrected chi connectivity index (χ0v) is 14.9. The highest BCUT2D eigenvalue weighted by atomic mass is 32.2. The summed E-state index contributed by atoms with van der Waals surface area (Å²) in [7, 11) is -2.36. The number of amides is 1. The fourth-order valence-electron chi connectivity index (χ4n) is 2.05. The predicted molar refractivity (Wildman–Crippen MR) is 94.2 cm³/mol. The Balaban J connectivity index is 2.07. The first-order chi connectivity index (χ1) is 12.2. The van der Waals surface area contributed by atoms with E-state index in [0.29, 0.717) is 22.7 Å². The first-order valence-corrected chi connectivity index (χ1v) is 8.97. The van der Waals surface area contributed by atoms with E-state index in [1.807, 2.05) is 6.07 Å². The van der Waals surface area contributed by atoms with Crippen LogP contribution in [0.5, 0.6) is 11.5 Å². The van der Waals surface area contributed by atoms with E-state index in [1.165, 1.54) is 37.4 Å². The van der Waals surface area contributed by atoms with Crippen LogP contribution in [0.25, 0.3) is 0 Å². The Morgan fingerprint density at radius 2 is 1.85 bits per heavy atom. The number of ether oxygens (including phenoxy) is 2. The molecule has 0 radical (unpaired) electrons. The van der Waals surface area contributed by atoms with Crippen molar-refractivity contribution in [2.45, 2.75) is 17.9 Å². The molecule has 0 heterocycles. The number of hydrogen-bond acceptors (Lipinski definition) is 6. The highest BCUT2D eigenvalue weighted by Crippen LogP contribution is 2.29. The number of carbonyl (C=O) groups excluding carboxylic acids is 1. The molecule has 2 rings (SSSR count). The smallest absolute Gasteiger partial charge is 0.265 e. The fraction of sp³-hybridized carbons (Fsp3) is 0.176. The van der Waals surface area contributed by atoms with Gasteiger partial charge in [0.2, 0.25) is 10.0 Å². The van der Waals surface area contributed by atoms with E-state index < -0.39 is 22.0 Å². The van der Waals surface area contributed by atoms with Crippen LogP contribution in [-0.4, -0.2) is 27.5 Å². The monoisotopic (exact) mass is 375 g/mol. The van der Waals surface area contributed by atoms with E-state index in [1.54, 1.807) is 19.1 Å². The Hall–Kier alpha value is -3.09. The van der Waals surface area contributed by atoms with Gasteiger partial charge in [-0.3, -0.25) is 4.79 Å². The number of nitrogens with zero attached hydrogens (tertiary/aromatic N) is 1. The molecule has 2 aromatic carbocycles. The molecular formula is C17H17N3O5S. The third kappa shape index (κ3) is 4.72. The molecule has 0 aliphatic rings. The quantitative estimate of drug-likeness (QED) is 0.788. The average Bonchev–Trinajstić information content (AvgIpc) is 2.61. The number of primary sulfonamides is 1. The summed E-state index contributed by atoms with van der Waals surface area (Å²) in [5, 5.41) is 16.5. The van der Waals surface area contributed by atoms with Gasteiger partial charge >= 0.3 is 0 Å². The van der Waals surface area contributed by atoms with Crippen LogP contribution in [0, 0.1) is 11.3 Å². The minimum absolute atomic E-state index is 0.0536. The lowest BCUT2D eigenvalue weighted by atomic mass is 10.2. The third-order valence-electron chi connectivity index (χ3n) is 3.42. The van der Waals surface area contributed by atoms with Crippen LogP contribution in [0.1, 0.15) is 12.5 Å². The lowest BCUT2D eigenvalue weighted by molar-refractivity contribution is -0.122. The van der Waals surface area contributed by atoms with Crippen molar-refractivity contribution in [2.24, 2.45) is 5.14 Å². The number of anilines is 1. The van der Waals surface area contributed by atoms with E-state index in [0.717, 1.165) is 0 Å². The number of methoxy groups -OCH3 is 1. The highest BCUT2D eigenvalue weighted by Gasteiger charge is 2.18. The van der Waals surface area contributed by atoms with Crippen LogP contribution in [-0.2, 0) is 14.8 Å². The van der Waals surface area contributed by atoms with Gasteiger partial charge in [-0.2, -0.15) is 5.26 Å². The lowest BCUT2D eigenvalue weighted by Crippen LogP contribution is -2.30. The summed E-state index contributed by atoms with van der Waals surface area (Å²) in [6, 6.07) is 12.0. The Kier molecular flexibility index (Phi) is 5.82. The van der Waals surface area contributed by atoms with Crippen molar-refractivity contribution in [3.63, 3.8) is 0 Å². The Morgan fingerprint density at radius 1 is 1.19 bits per heavy atom. The van der Waals surface area contributed by atoms with Crippen LogP contribution in [0.2, 0.25) is 0 Å². The van der Waals surface area contributed by atoms with Crippen molar-refractivity contribution in [2.75, 3.05) is 12.4 Å². The van der Waals surface area contributed by atoms with Gasteiger partial charge in [0.25, 0.3) is 5.91 Å². The molecule has 2 aromatic rings. The first kappa shape index (κ1) is 19.2. The molecule has 0 aliphatic heterocycles. The molecule has 3 N–H and O–H groups in total. The Bertz CT molecular complexity index is 949. The number of carbonyl (C=O) groups is 1. The zero-order valence-electron chi connectivity index (χ0n) is 14.1. The summed E-state index contributed by atoms with van der Waals surface area (Å²) >= 11 is 0. The maximum absolute atomic E-state index is 12.2. The maximum atomic E-state index is 12.2. The van der Waals surface area contributed by atoms with Crippen LogP contribution in [0.15, 0.2) is 47.4 Å². The molecule has 0 saturated heterocycles. The molecule has 9 heteroatoms. The number of rotatable bonds is 6. The lowest BCUT2D eigenvalue weighted by Gasteiger charge is -2.17. The van der Waals surface area contributed by atoms with Gasteiger partial charge in [-0.1, -0.05) is 0 Å². The third-order valence-corrected chi connectivity index (χ3v) is 4.35. The second kappa shape index (κ2) is 7.86. The highest BCUT2D eigenvalue weighted by molar-refractivity contribution is 7.89. The molecule has 0 bridgehead atoms. The van der Waals surface area contributed by atoms with Crippen LogP contribution < -0.4 is 19.9 Å². The first-order valence-electron chi connectivity index (χ1n) is 7.43. The van der Waals surface area contributed by atoms with Gasteiger partial charge in [-0.05, 0) is 43.3 Å². The average molecular weight is 375 g/mol. The second-order valence-corrected chi connectivity index (χ2v) is 6.86. The number of nitrogens with two attached hydrogens (primary N) is 1. The van der Waals surface area contributed by atoms with Crippen LogP contribution >= 0.6 is 0 Å². The van der Waals surface area contributed by atoms with E-state index in [2.05, 4.69) is 5.32 Å². The van der Waals surface area contributed by atoms with Gasteiger partial charge in [0.05, 0.1) is 23.6 Å². The summed E-state index contributed by atoms with van der Waals surface area (Å²) in [6.07, 6.45) is -0.866. The van der Waals surface area contributed by atoms with Crippen molar-refractivity contribution in [1.29, 1.82) is 5.26 Å². The molecule has 0 saturated carbocycles. The summed E-state index contributed by atoms with van der Waals surface area (Å²) in [4.78, 5) is 12.2. The largest absolute Gasteiger partial charge is 0.493 e. The summed E-state index contributed by atoms with van der Waals surface area (Å²) in [5.74, 6) is 0.208. The minimum atomic E-state index is -3.79. The molecule has 136 valence electrons.